The molecule has 0 bridgehead atoms. The van der Waals surface area contributed by atoms with Crippen molar-refractivity contribution in [3.8, 4) is 5.75 Å². The van der Waals surface area contributed by atoms with Gasteiger partial charge in [0.25, 0.3) is 5.91 Å². The maximum atomic E-state index is 12.1. The molecule has 1 aliphatic rings. The Kier molecular flexibility index (Phi) is 4.95. The standard InChI is InChI=1S/C13H8F3NO4S2/c14-13(15,16)21-8-3-1-7(2-4-8)5-9-11(20)17(6-10(18)19)12(22)23-9/h1-5H,6H2,(H,18,19)/b9-5-. The van der Waals surface area contributed by atoms with Crippen molar-refractivity contribution in [2.24, 2.45) is 0 Å². The predicted octanol–water partition coefficient (Wildman–Crippen LogP) is 2.87. The molecule has 0 saturated carbocycles. The summed E-state index contributed by atoms with van der Waals surface area (Å²) in [6.45, 7) is -0.541. The van der Waals surface area contributed by atoms with Crippen LogP contribution in [0.15, 0.2) is 29.2 Å². The number of aliphatic carboxylic acids is 1. The molecule has 1 N–H and O–H groups in total. The number of thiocarbonyl (C=S) groups is 1. The Hall–Kier alpha value is -2.07. The molecule has 23 heavy (non-hydrogen) atoms. The second kappa shape index (κ2) is 6.59. The van der Waals surface area contributed by atoms with Gasteiger partial charge in [-0.2, -0.15) is 0 Å². The van der Waals surface area contributed by atoms with Crippen molar-refractivity contribution in [3.05, 3.63) is 34.7 Å². The number of hydrogen-bond acceptors (Lipinski definition) is 5. The molecule has 0 aliphatic carbocycles. The molecule has 0 unspecified atom stereocenters. The quantitative estimate of drug-likeness (QED) is 0.655. The first kappa shape index (κ1) is 17.3. The zero-order valence-electron chi connectivity index (χ0n) is 11.2. The summed E-state index contributed by atoms with van der Waals surface area (Å²) in [5, 5.41) is 8.72. The van der Waals surface area contributed by atoms with Gasteiger partial charge in [-0.15, -0.1) is 13.2 Å². The molecule has 0 atom stereocenters. The van der Waals surface area contributed by atoms with Crippen LogP contribution in [-0.2, 0) is 9.59 Å². The lowest BCUT2D eigenvalue weighted by molar-refractivity contribution is -0.274. The largest absolute Gasteiger partial charge is 0.573 e. The van der Waals surface area contributed by atoms with Crippen LogP contribution in [0.3, 0.4) is 0 Å². The van der Waals surface area contributed by atoms with Gasteiger partial charge in [-0.05, 0) is 23.8 Å². The fourth-order valence-electron chi connectivity index (χ4n) is 1.69. The first-order chi connectivity index (χ1) is 10.7. The van der Waals surface area contributed by atoms with Crippen LogP contribution in [-0.4, -0.2) is 39.1 Å². The fourth-order valence-corrected chi connectivity index (χ4v) is 2.94. The third-order valence-electron chi connectivity index (χ3n) is 2.58. The van der Waals surface area contributed by atoms with Gasteiger partial charge in [0.2, 0.25) is 0 Å². The number of hydrogen-bond donors (Lipinski definition) is 1. The van der Waals surface area contributed by atoms with Crippen molar-refractivity contribution in [2.75, 3.05) is 6.54 Å². The molecule has 10 heteroatoms. The Morgan fingerprint density at radius 1 is 1.35 bits per heavy atom. The van der Waals surface area contributed by atoms with Crippen molar-refractivity contribution in [3.63, 3.8) is 0 Å². The molecule has 122 valence electrons. The van der Waals surface area contributed by atoms with Gasteiger partial charge in [0.15, 0.2) is 0 Å². The number of amides is 1. The molecule has 0 aromatic heterocycles. The summed E-state index contributed by atoms with van der Waals surface area (Å²) >= 11 is 5.86. The maximum absolute atomic E-state index is 12.1. The average Bonchev–Trinajstić information content (AvgIpc) is 2.67. The molecular weight excluding hydrogens is 355 g/mol. The fraction of sp³-hybridized carbons (Fsp3) is 0.154. The molecule has 1 heterocycles. The normalized spacial score (nSPS) is 17.0. The minimum atomic E-state index is -4.78. The number of ether oxygens (including phenoxy) is 1. The van der Waals surface area contributed by atoms with Crippen LogP contribution in [0.1, 0.15) is 5.56 Å². The van der Waals surface area contributed by atoms with Gasteiger partial charge in [-0.3, -0.25) is 14.5 Å². The van der Waals surface area contributed by atoms with Gasteiger partial charge in [-0.1, -0.05) is 36.1 Å². The Balaban J connectivity index is 2.14. The highest BCUT2D eigenvalue weighted by Crippen LogP contribution is 2.32. The van der Waals surface area contributed by atoms with E-state index in [2.05, 4.69) is 4.74 Å². The number of carbonyl (C=O) groups is 2. The number of alkyl halides is 3. The number of benzene rings is 1. The summed E-state index contributed by atoms with van der Waals surface area (Å²) in [4.78, 5) is 23.8. The van der Waals surface area contributed by atoms with Crippen LogP contribution >= 0.6 is 24.0 Å². The molecule has 1 amide bonds. The van der Waals surface area contributed by atoms with Gasteiger partial charge in [0.1, 0.15) is 16.6 Å². The molecule has 2 rings (SSSR count). The second-order valence-electron chi connectivity index (χ2n) is 4.28. The molecule has 1 fully saturated rings. The third-order valence-corrected chi connectivity index (χ3v) is 3.96. The van der Waals surface area contributed by atoms with Crippen LogP contribution < -0.4 is 4.74 Å². The lowest BCUT2D eigenvalue weighted by Gasteiger charge is -2.10. The number of thioether (sulfide) groups is 1. The smallest absolute Gasteiger partial charge is 0.480 e. The van der Waals surface area contributed by atoms with E-state index in [1.54, 1.807) is 0 Å². The van der Waals surface area contributed by atoms with E-state index in [0.717, 1.165) is 28.8 Å². The second-order valence-corrected chi connectivity index (χ2v) is 5.95. The van der Waals surface area contributed by atoms with Crippen molar-refractivity contribution in [1.82, 2.24) is 4.90 Å². The highest BCUT2D eigenvalue weighted by molar-refractivity contribution is 8.26. The van der Waals surface area contributed by atoms with E-state index in [9.17, 15) is 22.8 Å². The molecule has 5 nitrogen and oxygen atoms in total. The minimum Gasteiger partial charge on any atom is -0.480 e. The van der Waals surface area contributed by atoms with E-state index in [1.807, 2.05) is 0 Å². The van der Waals surface area contributed by atoms with Crippen LogP contribution in [0.4, 0.5) is 13.2 Å². The minimum absolute atomic E-state index is 0.112. The first-order valence-corrected chi connectivity index (χ1v) is 7.21. The summed E-state index contributed by atoms with van der Waals surface area (Å²) < 4.78 is 40.0. The van der Waals surface area contributed by atoms with Gasteiger partial charge in [-0.25, -0.2) is 0 Å². The van der Waals surface area contributed by atoms with E-state index in [-0.39, 0.29) is 15.0 Å². The van der Waals surface area contributed by atoms with E-state index in [1.165, 1.54) is 18.2 Å². The van der Waals surface area contributed by atoms with Crippen LogP contribution in [0.2, 0.25) is 0 Å². The molecule has 0 radical (unpaired) electrons. The van der Waals surface area contributed by atoms with Crippen LogP contribution in [0, 0.1) is 0 Å². The third kappa shape index (κ3) is 4.70. The summed E-state index contributed by atoms with van der Waals surface area (Å²) in [5.74, 6) is -2.14. The topological polar surface area (TPSA) is 66.8 Å². The number of carbonyl (C=O) groups excluding carboxylic acids is 1. The Bertz CT molecular complexity index is 685. The molecule has 1 aromatic carbocycles. The Labute approximate surface area is 137 Å². The van der Waals surface area contributed by atoms with E-state index in [0.29, 0.717) is 5.56 Å². The number of nitrogens with zero attached hydrogens (tertiary/aromatic N) is 1. The van der Waals surface area contributed by atoms with Crippen LogP contribution in [0.25, 0.3) is 6.08 Å². The highest BCUT2D eigenvalue weighted by atomic mass is 32.2. The summed E-state index contributed by atoms with van der Waals surface area (Å²) in [6, 6.07) is 4.89. The van der Waals surface area contributed by atoms with Crippen molar-refractivity contribution in [1.29, 1.82) is 0 Å². The number of rotatable bonds is 4. The zero-order valence-corrected chi connectivity index (χ0v) is 12.8. The highest BCUT2D eigenvalue weighted by Gasteiger charge is 2.33. The molecule has 0 spiro atoms. The van der Waals surface area contributed by atoms with E-state index >= 15 is 0 Å². The predicted molar refractivity (Wildman–Crippen MR) is 80.6 cm³/mol. The van der Waals surface area contributed by atoms with Gasteiger partial charge in [0.05, 0.1) is 4.91 Å². The monoisotopic (exact) mass is 363 g/mol. The average molecular weight is 363 g/mol. The summed E-state index contributed by atoms with van der Waals surface area (Å²) in [6.07, 6.45) is -3.36. The van der Waals surface area contributed by atoms with Crippen molar-refractivity contribution in [2.45, 2.75) is 6.36 Å². The van der Waals surface area contributed by atoms with E-state index in [4.69, 9.17) is 17.3 Å². The summed E-state index contributed by atoms with van der Waals surface area (Å²) in [5.41, 5.74) is 0.454. The van der Waals surface area contributed by atoms with Gasteiger partial charge < -0.3 is 9.84 Å². The maximum Gasteiger partial charge on any atom is 0.573 e. The van der Waals surface area contributed by atoms with Gasteiger partial charge >= 0.3 is 12.3 Å². The lowest BCUT2D eigenvalue weighted by atomic mass is 10.2. The number of halogens is 3. The Morgan fingerprint density at radius 2 is 1.96 bits per heavy atom. The van der Waals surface area contributed by atoms with Crippen molar-refractivity contribution < 1.29 is 32.6 Å². The zero-order chi connectivity index (χ0) is 17.2. The molecule has 1 saturated heterocycles. The number of carboxylic acids is 1. The number of carboxylic acid groups (broad SMARTS) is 1. The Morgan fingerprint density at radius 3 is 2.48 bits per heavy atom. The lowest BCUT2D eigenvalue weighted by Crippen LogP contribution is -2.33. The molecule has 1 aromatic rings. The summed E-state index contributed by atoms with van der Waals surface area (Å²) in [7, 11) is 0. The SMILES string of the molecule is O=C(O)CN1C(=O)/C(=C/c2ccc(OC(F)(F)F)cc2)SC1=S. The van der Waals surface area contributed by atoms with Crippen molar-refractivity contribution >= 4 is 46.3 Å². The molecule has 1 aliphatic heterocycles. The van der Waals surface area contributed by atoms with Crippen LogP contribution in [0.5, 0.6) is 5.75 Å². The first-order valence-electron chi connectivity index (χ1n) is 5.99. The van der Waals surface area contributed by atoms with E-state index < -0.39 is 24.8 Å². The molecular formula is C13H8F3NO4S2. The van der Waals surface area contributed by atoms with Gasteiger partial charge in [0, 0.05) is 0 Å².